The van der Waals surface area contributed by atoms with Crippen molar-refractivity contribution in [3.05, 3.63) is 12.7 Å². The molecule has 0 saturated heterocycles. The lowest BCUT2D eigenvalue weighted by molar-refractivity contribution is -0.137. The largest absolute Gasteiger partial charge is 0.478 e. The summed E-state index contributed by atoms with van der Waals surface area (Å²) in [5, 5.41) is 25.0. The second-order valence-electron chi connectivity index (χ2n) is 2.86. The maximum Gasteiger partial charge on any atom is 0.327 e. The summed E-state index contributed by atoms with van der Waals surface area (Å²) < 4.78 is 14.8. The molecular formula is C11H22O7. The van der Waals surface area contributed by atoms with E-state index >= 15 is 0 Å². The van der Waals surface area contributed by atoms with Crippen LogP contribution in [0.4, 0.5) is 0 Å². The van der Waals surface area contributed by atoms with E-state index < -0.39 is 12.3 Å². The number of hydrogen-bond donors (Lipinski definition) is 3. The van der Waals surface area contributed by atoms with Crippen molar-refractivity contribution in [3.8, 4) is 0 Å². The number of aliphatic hydroxyl groups excluding tert-OH is 2. The van der Waals surface area contributed by atoms with Crippen molar-refractivity contribution in [1.29, 1.82) is 0 Å². The van der Waals surface area contributed by atoms with Crippen molar-refractivity contribution in [2.75, 3.05) is 39.6 Å². The van der Waals surface area contributed by atoms with E-state index in [2.05, 4.69) is 6.58 Å². The number of aliphatic hydroxyl groups is 2. The van der Waals surface area contributed by atoms with Gasteiger partial charge in [-0.3, -0.25) is 0 Å². The first-order valence-electron chi connectivity index (χ1n) is 5.49. The van der Waals surface area contributed by atoms with Crippen molar-refractivity contribution in [3.63, 3.8) is 0 Å². The predicted molar refractivity (Wildman–Crippen MR) is 64.2 cm³/mol. The van der Waals surface area contributed by atoms with Crippen LogP contribution in [0.2, 0.25) is 0 Å². The Hall–Kier alpha value is -0.990. The third-order valence-corrected chi connectivity index (χ3v) is 1.40. The average molecular weight is 266 g/mol. The van der Waals surface area contributed by atoms with Crippen LogP contribution in [0.1, 0.15) is 6.92 Å². The maximum absolute atomic E-state index is 9.25. The fourth-order valence-corrected chi connectivity index (χ4v) is 0.709. The third-order valence-electron chi connectivity index (χ3n) is 1.40. The molecule has 0 amide bonds. The molecule has 0 aromatic carbocycles. The minimum absolute atomic E-state index is 0.0154. The molecular weight excluding hydrogens is 244 g/mol. The van der Waals surface area contributed by atoms with Gasteiger partial charge in [0.1, 0.15) is 0 Å². The summed E-state index contributed by atoms with van der Waals surface area (Å²) in [5.41, 5.74) is 0. The summed E-state index contributed by atoms with van der Waals surface area (Å²) in [6, 6.07) is 0. The molecule has 0 aromatic heterocycles. The van der Waals surface area contributed by atoms with Crippen LogP contribution in [-0.4, -0.2) is 67.2 Å². The highest BCUT2D eigenvalue weighted by Crippen LogP contribution is 1.88. The molecule has 108 valence electrons. The van der Waals surface area contributed by atoms with E-state index in [0.717, 1.165) is 6.08 Å². The quantitative estimate of drug-likeness (QED) is 0.281. The minimum Gasteiger partial charge on any atom is -0.478 e. The molecule has 7 heteroatoms. The molecule has 0 spiro atoms. The van der Waals surface area contributed by atoms with Crippen molar-refractivity contribution >= 4 is 5.97 Å². The Morgan fingerprint density at radius 1 is 1.33 bits per heavy atom. The number of carbonyl (C=O) groups is 1. The summed E-state index contributed by atoms with van der Waals surface area (Å²) in [6.45, 7) is 6.51. The van der Waals surface area contributed by atoms with Gasteiger partial charge in [-0.05, 0) is 6.92 Å². The highest BCUT2D eigenvalue weighted by atomic mass is 16.6. The van der Waals surface area contributed by atoms with Gasteiger partial charge < -0.3 is 29.5 Å². The molecule has 0 aliphatic rings. The van der Waals surface area contributed by atoms with E-state index in [-0.39, 0.29) is 13.2 Å². The number of carboxylic acid groups (broad SMARTS) is 1. The summed E-state index contributed by atoms with van der Waals surface area (Å²) >= 11 is 0. The van der Waals surface area contributed by atoms with Gasteiger partial charge in [0.2, 0.25) is 0 Å². The molecule has 0 fully saturated rings. The van der Waals surface area contributed by atoms with Crippen molar-refractivity contribution in [2.24, 2.45) is 0 Å². The molecule has 3 N–H and O–H groups in total. The Bertz CT molecular complexity index is 196. The van der Waals surface area contributed by atoms with Crippen LogP contribution in [0.15, 0.2) is 12.7 Å². The lowest BCUT2D eigenvalue weighted by Crippen LogP contribution is -2.20. The molecule has 0 aliphatic heterocycles. The minimum atomic E-state index is -0.981. The molecule has 0 rings (SSSR count). The summed E-state index contributed by atoms with van der Waals surface area (Å²) in [4.78, 5) is 9.25. The van der Waals surface area contributed by atoms with Gasteiger partial charge in [0, 0.05) is 12.7 Å². The number of ether oxygens (including phenoxy) is 3. The topological polar surface area (TPSA) is 105 Å². The molecule has 1 unspecified atom stereocenters. The zero-order chi connectivity index (χ0) is 14.2. The molecule has 0 aliphatic carbocycles. The Labute approximate surface area is 107 Å². The third kappa shape index (κ3) is 20.4. The Balaban J connectivity index is 0. The van der Waals surface area contributed by atoms with E-state index in [1.54, 1.807) is 6.92 Å². The van der Waals surface area contributed by atoms with Gasteiger partial charge in [0.15, 0.2) is 6.29 Å². The van der Waals surface area contributed by atoms with Crippen LogP contribution in [0.5, 0.6) is 0 Å². The first kappa shape index (κ1) is 19.4. The fraction of sp³-hybridized carbons (Fsp3) is 0.727. The number of carboxylic acids is 1. The standard InChI is InChI=1S/C8H18O5.C3H4O2/c1-2-13-8(10)7-12-6-5-11-4-3-9;1-2-3(4)5/h8-10H,2-7H2,1H3;2H,1H2,(H,4,5). The normalized spacial score (nSPS) is 11.3. The van der Waals surface area contributed by atoms with Gasteiger partial charge in [-0.25, -0.2) is 4.79 Å². The van der Waals surface area contributed by atoms with E-state index in [9.17, 15) is 4.79 Å². The number of aliphatic carboxylic acids is 1. The van der Waals surface area contributed by atoms with E-state index in [0.29, 0.717) is 26.4 Å². The van der Waals surface area contributed by atoms with Crippen LogP contribution in [0.3, 0.4) is 0 Å². The van der Waals surface area contributed by atoms with E-state index in [4.69, 9.17) is 29.5 Å². The second kappa shape index (κ2) is 16.0. The van der Waals surface area contributed by atoms with Crippen LogP contribution in [0.25, 0.3) is 0 Å². The number of hydrogen-bond acceptors (Lipinski definition) is 6. The van der Waals surface area contributed by atoms with Crippen LogP contribution in [-0.2, 0) is 19.0 Å². The van der Waals surface area contributed by atoms with E-state index in [1.807, 2.05) is 0 Å². The zero-order valence-electron chi connectivity index (χ0n) is 10.6. The van der Waals surface area contributed by atoms with Crippen LogP contribution in [0, 0.1) is 0 Å². The number of rotatable bonds is 10. The molecule has 0 saturated carbocycles. The zero-order valence-corrected chi connectivity index (χ0v) is 10.6. The average Bonchev–Trinajstić information content (AvgIpc) is 2.34. The summed E-state index contributed by atoms with van der Waals surface area (Å²) in [7, 11) is 0. The van der Waals surface area contributed by atoms with Crippen molar-refractivity contribution in [1.82, 2.24) is 0 Å². The Morgan fingerprint density at radius 2 is 1.89 bits per heavy atom. The molecule has 18 heavy (non-hydrogen) atoms. The lowest BCUT2D eigenvalue weighted by atomic mass is 10.6. The van der Waals surface area contributed by atoms with Crippen LogP contribution >= 0.6 is 0 Å². The van der Waals surface area contributed by atoms with Crippen molar-refractivity contribution in [2.45, 2.75) is 13.2 Å². The lowest BCUT2D eigenvalue weighted by Gasteiger charge is -2.10. The highest BCUT2D eigenvalue weighted by molar-refractivity contribution is 5.78. The Kier molecular flexibility index (Phi) is 17.2. The van der Waals surface area contributed by atoms with Crippen LogP contribution < -0.4 is 0 Å². The van der Waals surface area contributed by atoms with Gasteiger partial charge >= 0.3 is 5.97 Å². The smallest absolute Gasteiger partial charge is 0.327 e. The summed E-state index contributed by atoms with van der Waals surface area (Å²) in [5.74, 6) is -0.981. The molecule has 0 radical (unpaired) electrons. The SMILES string of the molecule is C=CC(=O)O.CCOC(O)COCCOCCO. The molecule has 0 heterocycles. The Morgan fingerprint density at radius 3 is 2.33 bits per heavy atom. The van der Waals surface area contributed by atoms with Gasteiger partial charge in [0.05, 0.1) is 33.0 Å². The first-order chi connectivity index (χ1) is 8.58. The van der Waals surface area contributed by atoms with Crippen molar-refractivity contribution < 1.29 is 34.3 Å². The van der Waals surface area contributed by atoms with E-state index in [1.165, 1.54) is 0 Å². The predicted octanol–water partition coefficient (Wildman–Crippen LogP) is -0.376. The second-order valence-corrected chi connectivity index (χ2v) is 2.86. The first-order valence-corrected chi connectivity index (χ1v) is 5.49. The van der Waals surface area contributed by atoms with Gasteiger partial charge in [-0.15, -0.1) is 0 Å². The molecule has 0 aromatic rings. The van der Waals surface area contributed by atoms with Gasteiger partial charge in [0.25, 0.3) is 0 Å². The van der Waals surface area contributed by atoms with Gasteiger partial charge in [-0.1, -0.05) is 6.58 Å². The maximum atomic E-state index is 9.25. The molecule has 0 bridgehead atoms. The summed E-state index contributed by atoms with van der Waals surface area (Å²) in [6.07, 6.45) is -0.0251. The molecule has 1 atom stereocenters. The molecule has 7 nitrogen and oxygen atoms in total. The monoisotopic (exact) mass is 266 g/mol. The highest BCUT2D eigenvalue weighted by Gasteiger charge is 2.01. The fourth-order valence-electron chi connectivity index (χ4n) is 0.709. The van der Waals surface area contributed by atoms with Gasteiger partial charge in [-0.2, -0.15) is 0 Å².